The number of hydrogen-bond donors (Lipinski definition) is 0. The Hall–Kier alpha value is -1.52. The standard InChI is InChI=1S/C18H23N3O.ClH/c1-22-18-17(15-5-3-2-4-6-15)13-21(19-18)12-16-11-20-9-7-14(16)8-10-20;/h2-6,13-14,16H,7-12H2,1H3;1H. The van der Waals surface area contributed by atoms with Gasteiger partial charge in [-0.1, -0.05) is 30.3 Å². The minimum atomic E-state index is 0. The van der Waals surface area contributed by atoms with Crippen molar-refractivity contribution in [2.75, 3.05) is 26.7 Å². The van der Waals surface area contributed by atoms with E-state index in [0.717, 1.165) is 29.8 Å². The van der Waals surface area contributed by atoms with Gasteiger partial charge in [0.1, 0.15) is 0 Å². The highest BCUT2D eigenvalue weighted by atomic mass is 35.5. The van der Waals surface area contributed by atoms with Gasteiger partial charge in [-0.3, -0.25) is 4.68 Å². The lowest BCUT2D eigenvalue weighted by Gasteiger charge is -2.44. The smallest absolute Gasteiger partial charge is 0.240 e. The van der Waals surface area contributed by atoms with E-state index >= 15 is 0 Å². The summed E-state index contributed by atoms with van der Waals surface area (Å²) in [6.07, 6.45) is 4.86. The minimum absolute atomic E-state index is 0. The molecule has 124 valence electrons. The summed E-state index contributed by atoms with van der Waals surface area (Å²) in [6, 6.07) is 10.4. The van der Waals surface area contributed by atoms with Gasteiger partial charge < -0.3 is 9.64 Å². The van der Waals surface area contributed by atoms with Gasteiger partial charge in [0.15, 0.2) is 0 Å². The number of benzene rings is 1. The van der Waals surface area contributed by atoms with Gasteiger partial charge in [0.2, 0.25) is 5.88 Å². The average Bonchev–Trinajstić information content (AvgIpc) is 3.00. The third kappa shape index (κ3) is 3.24. The Morgan fingerprint density at radius 1 is 1.17 bits per heavy atom. The third-order valence-electron chi connectivity index (χ3n) is 5.22. The molecule has 0 N–H and O–H groups in total. The van der Waals surface area contributed by atoms with E-state index in [1.165, 1.54) is 38.0 Å². The van der Waals surface area contributed by atoms with E-state index in [0.29, 0.717) is 0 Å². The normalized spacial score (nSPS) is 25.9. The van der Waals surface area contributed by atoms with Crippen LogP contribution in [-0.2, 0) is 6.54 Å². The van der Waals surface area contributed by atoms with E-state index in [1.54, 1.807) is 7.11 Å². The predicted molar refractivity (Wildman–Crippen MR) is 94.1 cm³/mol. The van der Waals surface area contributed by atoms with Crippen LogP contribution in [0.2, 0.25) is 0 Å². The van der Waals surface area contributed by atoms with Crippen LogP contribution in [0.25, 0.3) is 11.1 Å². The van der Waals surface area contributed by atoms with Crippen molar-refractivity contribution in [2.24, 2.45) is 11.8 Å². The molecule has 5 heteroatoms. The zero-order valence-corrected chi connectivity index (χ0v) is 14.3. The number of hydrogen-bond acceptors (Lipinski definition) is 3. The van der Waals surface area contributed by atoms with Gasteiger partial charge in [-0.15, -0.1) is 17.5 Å². The first-order valence-electron chi connectivity index (χ1n) is 8.22. The van der Waals surface area contributed by atoms with E-state index in [2.05, 4.69) is 45.1 Å². The van der Waals surface area contributed by atoms with Crippen molar-refractivity contribution >= 4 is 12.4 Å². The van der Waals surface area contributed by atoms with Crippen LogP contribution in [0.3, 0.4) is 0 Å². The Labute approximate surface area is 143 Å². The maximum absolute atomic E-state index is 5.49. The highest BCUT2D eigenvalue weighted by Crippen LogP contribution is 2.34. The summed E-state index contributed by atoms with van der Waals surface area (Å²) in [5, 5.41) is 4.66. The molecule has 3 fully saturated rings. The molecule has 0 spiro atoms. The lowest BCUT2D eigenvalue weighted by Crippen LogP contribution is -2.48. The number of methoxy groups -OCH3 is 1. The van der Waals surface area contributed by atoms with Crippen molar-refractivity contribution in [1.82, 2.24) is 14.7 Å². The maximum atomic E-state index is 5.49. The lowest BCUT2D eigenvalue weighted by atomic mass is 9.79. The van der Waals surface area contributed by atoms with Crippen LogP contribution in [0.4, 0.5) is 0 Å². The zero-order valence-electron chi connectivity index (χ0n) is 13.5. The second-order valence-corrected chi connectivity index (χ2v) is 6.54. The third-order valence-corrected chi connectivity index (χ3v) is 5.22. The summed E-state index contributed by atoms with van der Waals surface area (Å²) in [4.78, 5) is 2.60. The lowest BCUT2D eigenvalue weighted by molar-refractivity contribution is 0.0404. The summed E-state index contributed by atoms with van der Waals surface area (Å²) in [6.45, 7) is 4.82. The fourth-order valence-corrected chi connectivity index (χ4v) is 4.00. The number of rotatable bonds is 4. The molecular formula is C18H24ClN3O. The van der Waals surface area contributed by atoms with Crippen molar-refractivity contribution < 1.29 is 4.74 Å². The van der Waals surface area contributed by atoms with Crippen molar-refractivity contribution in [3.63, 3.8) is 0 Å². The monoisotopic (exact) mass is 333 g/mol. The molecule has 0 saturated carbocycles. The first kappa shape index (κ1) is 16.3. The Morgan fingerprint density at radius 2 is 1.91 bits per heavy atom. The predicted octanol–water partition coefficient (Wildman–Crippen LogP) is 3.32. The van der Waals surface area contributed by atoms with Gasteiger partial charge in [-0.2, -0.15) is 0 Å². The van der Waals surface area contributed by atoms with Gasteiger partial charge in [0.05, 0.1) is 12.7 Å². The zero-order chi connectivity index (χ0) is 14.9. The van der Waals surface area contributed by atoms with Crippen LogP contribution < -0.4 is 4.74 Å². The molecule has 1 aromatic carbocycles. The summed E-state index contributed by atoms with van der Waals surface area (Å²) in [5.41, 5.74) is 2.25. The summed E-state index contributed by atoms with van der Waals surface area (Å²) >= 11 is 0. The van der Waals surface area contributed by atoms with Crippen LogP contribution in [0.15, 0.2) is 36.5 Å². The number of fused-ring (bicyclic) bond motifs is 3. The van der Waals surface area contributed by atoms with E-state index in [9.17, 15) is 0 Å². The van der Waals surface area contributed by atoms with E-state index < -0.39 is 0 Å². The van der Waals surface area contributed by atoms with Crippen LogP contribution in [0.5, 0.6) is 5.88 Å². The molecule has 0 amide bonds. The Bertz CT molecular complexity index is 635. The molecule has 2 aromatic rings. The van der Waals surface area contributed by atoms with E-state index in [4.69, 9.17) is 4.74 Å². The number of piperidine rings is 3. The highest BCUT2D eigenvalue weighted by molar-refractivity contribution is 5.85. The number of ether oxygens (including phenoxy) is 1. The minimum Gasteiger partial charge on any atom is -0.479 e. The Kier molecular flexibility index (Phi) is 4.93. The van der Waals surface area contributed by atoms with E-state index in [1.807, 2.05) is 6.07 Å². The van der Waals surface area contributed by atoms with Crippen molar-refractivity contribution in [3.8, 4) is 17.0 Å². The van der Waals surface area contributed by atoms with E-state index in [-0.39, 0.29) is 12.4 Å². The number of halogens is 1. The second kappa shape index (κ2) is 6.93. The highest BCUT2D eigenvalue weighted by Gasteiger charge is 2.34. The second-order valence-electron chi connectivity index (χ2n) is 6.54. The van der Waals surface area contributed by atoms with Crippen LogP contribution >= 0.6 is 12.4 Å². The fourth-order valence-electron chi connectivity index (χ4n) is 4.00. The summed E-state index contributed by atoms with van der Waals surface area (Å²) in [5.74, 6) is 2.34. The van der Waals surface area contributed by atoms with Crippen molar-refractivity contribution in [3.05, 3.63) is 36.5 Å². The molecule has 0 aliphatic carbocycles. The van der Waals surface area contributed by atoms with Crippen LogP contribution in [-0.4, -0.2) is 41.4 Å². The fraction of sp³-hybridized carbons (Fsp3) is 0.500. The molecule has 3 aliphatic heterocycles. The summed E-state index contributed by atoms with van der Waals surface area (Å²) < 4.78 is 7.58. The molecule has 1 atom stereocenters. The Balaban J connectivity index is 0.00000156. The van der Waals surface area contributed by atoms with Gasteiger partial charge in [0, 0.05) is 19.3 Å². The molecular weight excluding hydrogens is 310 g/mol. The molecule has 4 heterocycles. The van der Waals surface area contributed by atoms with Gasteiger partial charge >= 0.3 is 0 Å². The maximum Gasteiger partial charge on any atom is 0.240 e. The molecule has 4 nitrogen and oxygen atoms in total. The molecule has 23 heavy (non-hydrogen) atoms. The van der Waals surface area contributed by atoms with Gasteiger partial charge in [-0.05, 0) is 43.3 Å². The largest absolute Gasteiger partial charge is 0.479 e. The SMILES string of the molecule is COc1nn(CC2CN3CCC2CC3)cc1-c1ccccc1.Cl. The van der Waals surface area contributed by atoms with Gasteiger partial charge in [-0.25, -0.2) is 0 Å². The topological polar surface area (TPSA) is 30.3 Å². The number of nitrogens with zero attached hydrogens (tertiary/aromatic N) is 3. The molecule has 2 bridgehead atoms. The Morgan fingerprint density at radius 3 is 2.52 bits per heavy atom. The molecule has 3 aliphatic rings. The van der Waals surface area contributed by atoms with Gasteiger partial charge in [0.25, 0.3) is 0 Å². The van der Waals surface area contributed by atoms with Crippen molar-refractivity contribution in [2.45, 2.75) is 19.4 Å². The van der Waals surface area contributed by atoms with Crippen LogP contribution in [0.1, 0.15) is 12.8 Å². The average molecular weight is 334 g/mol. The van der Waals surface area contributed by atoms with Crippen LogP contribution in [0, 0.1) is 11.8 Å². The molecule has 3 saturated heterocycles. The van der Waals surface area contributed by atoms with Crippen molar-refractivity contribution in [1.29, 1.82) is 0 Å². The molecule has 1 unspecified atom stereocenters. The molecule has 0 radical (unpaired) electrons. The summed E-state index contributed by atoms with van der Waals surface area (Å²) in [7, 11) is 1.70. The molecule has 5 rings (SSSR count). The quantitative estimate of drug-likeness (QED) is 0.859. The first-order valence-corrected chi connectivity index (χ1v) is 8.22. The molecule has 1 aromatic heterocycles. The first-order chi connectivity index (χ1) is 10.8. The number of aromatic nitrogens is 2.